The van der Waals surface area contributed by atoms with Crippen LogP contribution in [-0.2, 0) is 25.7 Å². The lowest BCUT2D eigenvalue weighted by molar-refractivity contribution is 0.984. The number of hydrogen-bond donors (Lipinski definition) is 0. The Morgan fingerprint density at radius 1 is 0.514 bits per heavy atom. The van der Waals surface area contributed by atoms with Crippen molar-refractivity contribution in [2.24, 2.45) is 0 Å². The Morgan fingerprint density at radius 3 is 2.20 bits per heavy atom. The number of pyridine rings is 1. The zero-order valence-electron chi connectivity index (χ0n) is 19.3. The van der Waals surface area contributed by atoms with Gasteiger partial charge in [0, 0.05) is 30.9 Å². The van der Waals surface area contributed by atoms with E-state index in [4.69, 9.17) is 0 Å². The average Bonchev–Trinajstić information content (AvgIpc) is 3.45. The van der Waals surface area contributed by atoms with Crippen molar-refractivity contribution in [1.29, 1.82) is 0 Å². The molecule has 35 heavy (non-hydrogen) atoms. The van der Waals surface area contributed by atoms with Crippen LogP contribution in [-0.4, -0.2) is 4.98 Å². The fourth-order valence-corrected chi connectivity index (χ4v) is 7.11. The van der Waals surface area contributed by atoms with Crippen LogP contribution < -0.4 is 4.90 Å². The topological polar surface area (TPSA) is 16.1 Å². The van der Waals surface area contributed by atoms with Gasteiger partial charge in [-0.2, -0.15) is 0 Å². The molecule has 2 heteroatoms. The SMILES string of the molecule is c1ccc2c(c1)Cc1ccc3c(c1-2)Cc1cc2c(cc1-3)N1c3ccccc3Cc3cncc(c31)C2. The molecule has 5 aromatic rings. The third-order valence-electron chi connectivity index (χ3n) is 8.56. The Hall–Kier alpha value is -4.17. The molecule has 4 aliphatic rings. The monoisotopic (exact) mass is 446 g/mol. The second-order valence-electron chi connectivity index (χ2n) is 10.4. The van der Waals surface area contributed by atoms with Crippen molar-refractivity contribution in [3.05, 3.63) is 130 Å². The molecule has 0 spiro atoms. The maximum Gasteiger partial charge on any atom is 0.0563 e. The molecule has 0 saturated carbocycles. The molecule has 2 aliphatic heterocycles. The highest BCUT2D eigenvalue weighted by Gasteiger charge is 2.34. The first-order chi connectivity index (χ1) is 17.3. The van der Waals surface area contributed by atoms with Crippen molar-refractivity contribution in [1.82, 2.24) is 4.98 Å². The maximum atomic E-state index is 4.62. The zero-order chi connectivity index (χ0) is 22.7. The van der Waals surface area contributed by atoms with E-state index >= 15 is 0 Å². The number of para-hydroxylation sites is 1. The third-order valence-corrected chi connectivity index (χ3v) is 8.56. The number of rotatable bonds is 0. The summed E-state index contributed by atoms with van der Waals surface area (Å²) in [5, 5.41) is 0. The van der Waals surface area contributed by atoms with Gasteiger partial charge in [-0.05, 0) is 91.7 Å². The zero-order valence-corrected chi connectivity index (χ0v) is 19.3. The van der Waals surface area contributed by atoms with E-state index in [9.17, 15) is 0 Å². The van der Waals surface area contributed by atoms with Gasteiger partial charge < -0.3 is 4.90 Å². The molecule has 164 valence electrons. The van der Waals surface area contributed by atoms with E-state index in [2.05, 4.69) is 95.1 Å². The molecule has 4 aromatic carbocycles. The Morgan fingerprint density at radius 2 is 1.29 bits per heavy atom. The van der Waals surface area contributed by atoms with E-state index in [1.807, 2.05) is 0 Å². The first-order valence-corrected chi connectivity index (χ1v) is 12.6. The summed E-state index contributed by atoms with van der Waals surface area (Å²) in [6.45, 7) is 0. The number of anilines is 3. The van der Waals surface area contributed by atoms with Gasteiger partial charge in [-0.3, -0.25) is 4.98 Å². The molecule has 2 aliphatic carbocycles. The van der Waals surface area contributed by atoms with Crippen LogP contribution in [0.25, 0.3) is 22.3 Å². The Balaban J connectivity index is 1.28. The molecule has 0 saturated heterocycles. The van der Waals surface area contributed by atoms with Crippen LogP contribution in [0.2, 0.25) is 0 Å². The minimum atomic E-state index is 0.953. The highest BCUT2D eigenvalue weighted by molar-refractivity contribution is 5.95. The largest absolute Gasteiger partial charge is 0.309 e. The normalized spacial score (nSPS) is 14.9. The highest BCUT2D eigenvalue weighted by atomic mass is 15.2. The fraction of sp³-hybridized carbons (Fsp3) is 0.121. The minimum absolute atomic E-state index is 0.953. The van der Waals surface area contributed by atoms with E-state index in [0.29, 0.717) is 0 Å². The average molecular weight is 447 g/mol. The Kier molecular flexibility index (Phi) is 3.27. The fourth-order valence-electron chi connectivity index (χ4n) is 7.11. The third kappa shape index (κ3) is 2.27. The molecule has 3 heterocycles. The van der Waals surface area contributed by atoms with Gasteiger partial charge in [-0.25, -0.2) is 0 Å². The Labute approximate surface area is 204 Å². The second-order valence-corrected chi connectivity index (χ2v) is 10.4. The summed E-state index contributed by atoms with van der Waals surface area (Å²) in [6, 6.07) is 27.6. The smallest absolute Gasteiger partial charge is 0.0563 e. The number of hydrogen-bond acceptors (Lipinski definition) is 2. The number of fused-ring (bicyclic) bond motifs is 11. The molecular weight excluding hydrogens is 424 g/mol. The van der Waals surface area contributed by atoms with Gasteiger partial charge in [0.1, 0.15) is 0 Å². The molecule has 0 N–H and O–H groups in total. The van der Waals surface area contributed by atoms with E-state index in [0.717, 1.165) is 25.7 Å². The molecule has 0 amide bonds. The lowest BCUT2D eigenvalue weighted by Gasteiger charge is -2.39. The molecule has 0 fully saturated rings. The number of benzene rings is 4. The maximum absolute atomic E-state index is 4.62. The predicted octanol–water partition coefficient (Wildman–Crippen LogP) is 7.50. The van der Waals surface area contributed by atoms with Crippen molar-refractivity contribution >= 4 is 17.1 Å². The summed E-state index contributed by atoms with van der Waals surface area (Å²) in [5.74, 6) is 0. The molecule has 2 nitrogen and oxygen atoms in total. The molecule has 1 aromatic heterocycles. The summed E-state index contributed by atoms with van der Waals surface area (Å²) in [5.41, 5.74) is 21.2. The lowest BCUT2D eigenvalue weighted by atomic mass is 9.86. The second kappa shape index (κ2) is 6.28. The molecule has 0 bridgehead atoms. The van der Waals surface area contributed by atoms with E-state index in [-0.39, 0.29) is 0 Å². The van der Waals surface area contributed by atoms with Crippen LogP contribution in [0.1, 0.15) is 44.5 Å². The van der Waals surface area contributed by atoms with Gasteiger partial charge in [0.2, 0.25) is 0 Å². The van der Waals surface area contributed by atoms with Crippen molar-refractivity contribution < 1.29 is 0 Å². The van der Waals surface area contributed by atoms with Gasteiger partial charge in [0.25, 0.3) is 0 Å². The van der Waals surface area contributed by atoms with Gasteiger partial charge in [-0.1, -0.05) is 60.7 Å². The first-order valence-electron chi connectivity index (χ1n) is 12.6. The van der Waals surface area contributed by atoms with Crippen LogP contribution in [0, 0.1) is 0 Å². The molecule has 0 atom stereocenters. The van der Waals surface area contributed by atoms with E-state index in [1.54, 1.807) is 0 Å². The van der Waals surface area contributed by atoms with Gasteiger partial charge in [0.05, 0.1) is 11.4 Å². The van der Waals surface area contributed by atoms with Gasteiger partial charge in [-0.15, -0.1) is 0 Å². The van der Waals surface area contributed by atoms with Crippen LogP contribution in [0.3, 0.4) is 0 Å². The molecule has 0 radical (unpaired) electrons. The predicted molar refractivity (Wildman–Crippen MR) is 141 cm³/mol. The van der Waals surface area contributed by atoms with Crippen LogP contribution >= 0.6 is 0 Å². The highest BCUT2D eigenvalue weighted by Crippen LogP contribution is 2.54. The Bertz CT molecular complexity index is 1760. The summed E-state index contributed by atoms with van der Waals surface area (Å²) >= 11 is 0. The van der Waals surface area contributed by atoms with Crippen LogP contribution in [0.5, 0.6) is 0 Å². The molecule has 0 unspecified atom stereocenters. The standard InChI is InChI=1S/C33H22N2/c1-3-7-26-19(5-1)11-21-9-10-27-28-16-31-23(13-22(28)15-29(27)32(21)26)14-25-18-34-17-24-12-20-6-2-4-8-30(20)35(31)33(24)25/h1-10,13,16-18H,11-12,14-15H2. The van der Waals surface area contributed by atoms with Crippen molar-refractivity contribution in [2.75, 3.05) is 4.90 Å². The van der Waals surface area contributed by atoms with Crippen molar-refractivity contribution in [3.8, 4) is 22.3 Å². The minimum Gasteiger partial charge on any atom is -0.309 e. The number of nitrogens with zero attached hydrogens (tertiary/aromatic N) is 2. The summed E-state index contributed by atoms with van der Waals surface area (Å²) in [4.78, 5) is 7.14. The molecular formula is C33H22N2. The van der Waals surface area contributed by atoms with Crippen LogP contribution in [0.15, 0.2) is 85.2 Å². The van der Waals surface area contributed by atoms with Gasteiger partial charge >= 0.3 is 0 Å². The number of aromatic nitrogens is 1. The summed E-state index contributed by atoms with van der Waals surface area (Å²) < 4.78 is 0. The first kappa shape index (κ1) is 18.2. The van der Waals surface area contributed by atoms with Gasteiger partial charge in [0.15, 0.2) is 0 Å². The summed E-state index contributed by atoms with van der Waals surface area (Å²) in [7, 11) is 0. The van der Waals surface area contributed by atoms with Crippen molar-refractivity contribution in [3.63, 3.8) is 0 Å². The van der Waals surface area contributed by atoms with E-state index in [1.165, 1.54) is 83.8 Å². The summed E-state index contributed by atoms with van der Waals surface area (Å²) in [6.07, 6.45) is 8.13. The lowest BCUT2D eigenvalue weighted by Crippen LogP contribution is -2.25. The van der Waals surface area contributed by atoms with E-state index < -0.39 is 0 Å². The molecule has 9 rings (SSSR count). The quantitative estimate of drug-likeness (QED) is 0.240. The van der Waals surface area contributed by atoms with Crippen molar-refractivity contribution in [2.45, 2.75) is 25.7 Å². The van der Waals surface area contributed by atoms with Crippen LogP contribution in [0.4, 0.5) is 17.1 Å².